The first kappa shape index (κ1) is 19.2. The van der Waals surface area contributed by atoms with Crippen LogP contribution in [0.2, 0.25) is 0 Å². The molecule has 0 aliphatic carbocycles. The summed E-state index contributed by atoms with van der Waals surface area (Å²) >= 11 is 1.61. The fourth-order valence-electron chi connectivity index (χ4n) is 3.32. The van der Waals surface area contributed by atoms with Gasteiger partial charge in [-0.25, -0.2) is 9.97 Å². The average molecular weight is 430 g/mol. The first-order valence-corrected chi connectivity index (χ1v) is 10.6. The number of aromatic nitrogens is 4. The molecule has 0 amide bonds. The molecule has 0 unspecified atom stereocenters. The summed E-state index contributed by atoms with van der Waals surface area (Å²) < 4.78 is 11.0. The summed E-state index contributed by atoms with van der Waals surface area (Å²) in [6.07, 6.45) is 0. The van der Waals surface area contributed by atoms with Crippen LogP contribution in [0.1, 0.15) is 18.9 Å². The Bertz CT molecular complexity index is 1330. The molecule has 0 aliphatic rings. The van der Waals surface area contributed by atoms with Crippen molar-refractivity contribution in [3.8, 4) is 27.8 Å². The highest BCUT2D eigenvalue weighted by Crippen LogP contribution is 2.31. The number of hydrogen-bond acceptors (Lipinski definition) is 8. The molecule has 8 heteroatoms. The standard InChI is InChI=1S/C23H19N5O2S/c1-14(23-27-21(28-30-23)16-9-4-6-11-18(16)29-2)24-20-15-8-3-5-10-17(15)25-22(26-20)19-12-7-13-31-19/h3-14H,1-2H3,(H,24,25,26)/t14-/m0/s1. The molecule has 0 saturated heterocycles. The molecule has 0 bridgehead atoms. The molecule has 0 fully saturated rings. The number of thiophene rings is 1. The van der Waals surface area contributed by atoms with E-state index >= 15 is 0 Å². The van der Waals surface area contributed by atoms with Crippen molar-refractivity contribution in [1.29, 1.82) is 0 Å². The van der Waals surface area contributed by atoms with Crippen molar-refractivity contribution in [3.05, 3.63) is 71.9 Å². The quantitative estimate of drug-likeness (QED) is 0.376. The van der Waals surface area contributed by atoms with Crippen molar-refractivity contribution in [2.24, 2.45) is 0 Å². The summed E-state index contributed by atoms with van der Waals surface area (Å²) in [6.45, 7) is 1.96. The third kappa shape index (κ3) is 3.73. The van der Waals surface area contributed by atoms with Gasteiger partial charge in [0.2, 0.25) is 11.7 Å². The minimum Gasteiger partial charge on any atom is -0.496 e. The summed E-state index contributed by atoms with van der Waals surface area (Å²) in [6, 6.07) is 19.2. The number of rotatable bonds is 6. The molecular formula is C23H19N5O2S. The number of para-hydroxylation sites is 2. The van der Waals surface area contributed by atoms with Crippen LogP contribution in [0.3, 0.4) is 0 Å². The van der Waals surface area contributed by atoms with Crippen LogP contribution in [0.4, 0.5) is 5.82 Å². The van der Waals surface area contributed by atoms with Crippen molar-refractivity contribution < 1.29 is 9.26 Å². The molecule has 2 aromatic carbocycles. The lowest BCUT2D eigenvalue weighted by atomic mass is 10.2. The topological polar surface area (TPSA) is 86.0 Å². The maximum atomic E-state index is 5.55. The van der Waals surface area contributed by atoms with E-state index in [0.29, 0.717) is 23.3 Å². The molecule has 3 aromatic heterocycles. The highest BCUT2D eigenvalue weighted by atomic mass is 32.1. The third-order valence-corrected chi connectivity index (χ3v) is 5.72. The predicted octanol–water partition coefficient (Wildman–Crippen LogP) is 5.59. The Morgan fingerprint density at radius 3 is 2.61 bits per heavy atom. The number of methoxy groups -OCH3 is 1. The van der Waals surface area contributed by atoms with Gasteiger partial charge in [-0.3, -0.25) is 0 Å². The molecule has 0 aliphatic heterocycles. The molecule has 0 radical (unpaired) electrons. The van der Waals surface area contributed by atoms with Gasteiger partial charge >= 0.3 is 0 Å². The molecule has 7 nitrogen and oxygen atoms in total. The smallest absolute Gasteiger partial charge is 0.249 e. The molecule has 3 heterocycles. The number of nitrogens with one attached hydrogen (secondary N) is 1. The lowest BCUT2D eigenvalue weighted by molar-refractivity contribution is 0.367. The second kappa shape index (κ2) is 8.16. The van der Waals surface area contributed by atoms with Crippen molar-refractivity contribution in [1.82, 2.24) is 20.1 Å². The second-order valence-electron chi connectivity index (χ2n) is 6.91. The molecule has 5 rings (SSSR count). The van der Waals surface area contributed by atoms with Crippen molar-refractivity contribution in [2.45, 2.75) is 13.0 Å². The van der Waals surface area contributed by atoms with Crippen LogP contribution in [-0.2, 0) is 0 Å². The van der Waals surface area contributed by atoms with Crippen LogP contribution in [0.25, 0.3) is 33.0 Å². The summed E-state index contributed by atoms with van der Waals surface area (Å²) in [4.78, 5) is 15.1. The van der Waals surface area contributed by atoms with Crippen LogP contribution in [0.15, 0.2) is 70.6 Å². The maximum absolute atomic E-state index is 5.55. The van der Waals surface area contributed by atoms with Gasteiger partial charge in [-0.2, -0.15) is 4.98 Å². The number of ether oxygens (including phenoxy) is 1. The minimum atomic E-state index is -0.259. The monoisotopic (exact) mass is 429 g/mol. The number of fused-ring (bicyclic) bond motifs is 1. The Morgan fingerprint density at radius 2 is 1.77 bits per heavy atom. The summed E-state index contributed by atoms with van der Waals surface area (Å²) in [5.41, 5.74) is 1.65. The van der Waals surface area contributed by atoms with E-state index in [4.69, 9.17) is 19.2 Å². The fraction of sp³-hybridized carbons (Fsp3) is 0.130. The predicted molar refractivity (Wildman–Crippen MR) is 121 cm³/mol. The van der Waals surface area contributed by atoms with Gasteiger partial charge in [0.25, 0.3) is 0 Å². The number of benzene rings is 2. The molecule has 0 saturated carbocycles. The van der Waals surface area contributed by atoms with Gasteiger partial charge in [-0.1, -0.05) is 35.5 Å². The lowest BCUT2D eigenvalue weighted by Crippen LogP contribution is -2.10. The first-order valence-electron chi connectivity index (χ1n) is 9.77. The van der Waals surface area contributed by atoms with E-state index in [9.17, 15) is 0 Å². The molecule has 0 spiro atoms. The van der Waals surface area contributed by atoms with E-state index in [0.717, 1.165) is 27.2 Å². The normalized spacial score (nSPS) is 12.1. The zero-order valence-electron chi connectivity index (χ0n) is 16.9. The van der Waals surface area contributed by atoms with E-state index < -0.39 is 0 Å². The first-order chi connectivity index (χ1) is 15.2. The second-order valence-corrected chi connectivity index (χ2v) is 7.86. The third-order valence-electron chi connectivity index (χ3n) is 4.86. The molecule has 5 aromatic rings. The van der Waals surface area contributed by atoms with Crippen molar-refractivity contribution in [3.63, 3.8) is 0 Å². The Balaban J connectivity index is 1.48. The van der Waals surface area contributed by atoms with E-state index in [1.807, 2.05) is 73.0 Å². The van der Waals surface area contributed by atoms with E-state index in [2.05, 4.69) is 15.5 Å². The Morgan fingerprint density at radius 1 is 0.935 bits per heavy atom. The van der Waals surface area contributed by atoms with Crippen LogP contribution in [-0.4, -0.2) is 27.2 Å². The number of nitrogens with zero attached hydrogens (tertiary/aromatic N) is 4. The summed E-state index contributed by atoms with van der Waals surface area (Å²) in [5, 5.41) is 10.5. The van der Waals surface area contributed by atoms with Gasteiger partial charge in [-0.05, 0) is 42.6 Å². The fourth-order valence-corrected chi connectivity index (χ4v) is 3.98. The van der Waals surface area contributed by atoms with Gasteiger partial charge < -0.3 is 14.6 Å². The maximum Gasteiger partial charge on any atom is 0.249 e. The molecule has 31 heavy (non-hydrogen) atoms. The van der Waals surface area contributed by atoms with Crippen LogP contribution >= 0.6 is 11.3 Å². The molecule has 1 atom stereocenters. The lowest BCUT2D eigenvalue weighted by Gasteiger charge is -2.13. The molecular weight excluding hydrogens is 410 g/mol. The van der Waals surface area contributed by atoms with Gasteiger partial charge in [-0.15, -0.1) is 11.3 Å². The van der Waals surface area contributed by atoms with Crippen molar-refractivity contribution >= 4 is 28.1 Å². The Kier molecular flexibility index (Phi) is 5.05. The van der Waals surface area contributed by atoms with Gasteiger partial charge in [0.1, 0.15) is 17.6 Å². The van der Waals surface area contributed by atoms with E-state index in [1.165, 1.54) is 0 Å². The average Bonchev–Trinajstić information content (AvgIpc) is 3.51. The Hall–Kier alpha value is -3.78. The highest BCUT2D eigenvalue weighted by molar-refractivity contribution is 7.13. The summed E-state index contributed by atoms with van der Waals surface area (Å²) in [7, 11) is 1.62. The molecule has 1 N–H and O–H groups in total. The number of hydrogen-bond donors (Lipinski definition) is 1. The number of anilines is 1. The highest BCUT2D eigenvalue weighted by Gasteiger charge is 2.19. The van der Waals surface area contributed by atoms with Crippen LogP contribution < -0.4 is 10.1 Å². The Labute approximate surface area is 182 Å². The largest absolute Gasteiger partial charge is 0.496 e. The van der Waals surface area contributed by atoms with Crippen LogP contribution in [0.5, 0.6) is 5.75 Å². The van der Waals surface area contributed by atoms with E-state index in [-0.39, 0.29) is 6.04 Å². The van der Waals surface area contributed by atoms with Gasteiger partial charge in [0.05, 0.1) is 23.1 Å². The van der Waals surface area contributed by atoms with Gasteiger partial charge in [0.15, 0.2) is 5.82 Å². The zero-order valence-corrected chi connectivity index (χ0v) is 17.8. The molecule has 154 valence electrons. The zero-order chi connectivity index (χ0) is 21.2. The van der Waals surface area contributed by atoms with Crippen LogP contribution in [0, 0.1) is 0 Å². The minimum absolute atomic E-state index is 0.259. The summed E-state index contributed by atoms with van der Waals surface area (Å²) in [5.74, 6) is 3.04. The van der Waals surface area contributed by atoms with Gasteiger partial charge in [0, 0.05) is 5.39 Å². The van der Waals surface area contributed by atoms with E-state index in [1.54, 1.807) is 18.4 Å². The van der Waals surface area contributed by atoms with Crippen molar-refractivity contribution in [2.75, 3.05) is 12.4 Å². The SMILES string of the molecule is COc1ccccc1-c1noc([C@H](C)Nc2nc(-c3cccs3)nc3ccccc23)n1.